The van der Waals surface area contributed by atoms with Crippen LogP contribution in [0.3, 0.4) is 0 Å². The Morgan fingerprint density at radius 3 is 2.70 bits per heavy atom. The van der Waals surface area contributed by atoms with Gasteiger partial charge < -0.3 is 20.5 Å². The van der Waals surface area contributed by atoms with E-state index in [0.29, 0.717) is 24.6 Å². The molecule has 23 heavy (non-hydrogen) atoms. The standard InChI is InChI=1S/C15H23BrN4O3/c1-9-7-20(8-10(2)23-9)15(3,14(21)22-4)19-12-5-11(16)6-18-13(12)17/h5-6,9-10,19H,7-8H2,1-4H3,(H2,17,18)/t9-,10+,15?. The van der Waals surface area contributed by atoms with E-state index in [9.17, 15) is 4.79 Å². The number of hydrogen-bond donors (Lipinski definition) is 2. The molecule has 8 heteroatoms. The summed E-state index contributed by atoms with van der Waals surface area (Å²) in [6.07, 6.45) is 1.64. The summed E-state index contributed by atoms with van der Waals surface area (Å²) in [6.45, 7) is 6.95. The molecular weight excluding hydrogens is 364 g/mol. The van der Waals surface area contributed by atoms with Gasteiger partial charge in [-0.2, -0.15) is 0 Å². The molecule has 1 aliphatic rings. The fraction of sp³-hybridized carbons (Fsp3) is 0.600. The topological polar surface area (TPSA) is 89.7 Å². The lowest BCUT2D eigenvalue weighted by Crippen LogP contribution is -2.63. The number of methoxy groups -OCH3 is 1. The fourth-order valence-corrected chi connectivity index (χ4v) is 3.14. The second-order valence-corrected chi connectivity index (χ2v) is 6.85. The molecule has 0 spiro atoms. The number of carbonyl (C=O) groups is 1. The van der Waals surface area contributed by atoms with Gasteiger partial charge in [0, 0.05) is 23.8 Å². The van der Waals surface area contributed by atoms with Gasteiger partial charge in [0.2, 0.25) is 0 Å². The van der Waals surface area contributed by atoms with Crippen molar-refractivity contribution in [2.24, 2.45) is 0 Å². The molecule has 128 valence electrons. The molecular formula is C15H23BrN4O3. The molecule has 0 aromatic carbocycles. The molecule has 1 aliphatic heterocycles. The zero-order valence-corrected chi connectivity index (χ0v) is 15.4. The van der Waals surface area contributed by atoms with Gasteiger partial charge in [-0.05, 0) is 42.8 Å². The van der Waals surface area contributed by atoms with Gasteiger partial charge in [-0.15, -0.1) is 0 Å². The Kier molecular flexibility index (Phi) is 5.49. The molecule has 0 amide bonds. The molecule has 1 unspecified atom stereocenters. The van der Waals surface area contributed by atoms with Gasteiger partial charge in [0.05, 0.1) is 25.0 Å². The zero-order chi connectivity index (χ0) is 17.2. The van der Waals surface area contributed by atoms with Gasteiger partial charge in [0.25, 0.3) is 0 Å². The smallest absolute Gasteiger partial charge is 0.346 e. The number of halogens is 1. The van der Waals surface area contributed by atoms with Crippen LogP contribution in [0.15, 0.2) is 16.7 Å². The molecule has 0 aliphatic carbocycles. The fourth-order valence-electron chi connectivity index (χ4n) is 2.81. The first-order valence-electron chi connectivity index (χ1n) is 7.44. The number of esters is 1. The van der Waals surface area contributed by atoms with E-state index in [1.807, 2.05) is 18.7 Å². The SMILES string of the molecule is COC(=O)C(C)(Nc1cc(Br)cnc1N)N1C[C@@H](C)O[C@@H](C)C1. The highest BCUT2D eigenvalue weighted by molar-refractivity contribution is 9.10. The van der Waals surface area contributed by atoms with Crippen LogP contribution in [-0.2, 0) is 14.3 Å². The third-order valence-electron chi connectivity index (χ3n) is 3.90. The van der Waals surface area contributed by atoms with Crippen molar-refractivity contribution in [2.75, 3.05) is 31.2 Å². The molecule has 3 atom stereocenters. The van der Waals surface area contributed by atoms with E-state index in [1.165, 1.54) is 7.11 Å². The number of nitrogen functional groups attached to an aromatic ring is 1. The van der Waals surface area contributed by atoms with E-state index >= 15 is 0 Å². The van der Waals surface area contributed by atoms with Gasteiger partial charge in [-0.1, -0.05) is 0 Å². The van der Waals surface area contributed by atoms with Crippen molar-refractivity contribution < 1.29 is 14.3 Å². The van der Waals surface area contributed by atoms with E-state index < -0.39 is 11.6 Å². The Morgan fingerprint density at radius 1 is 1.52 bits per heavy atom. The summed E-state index contributed by atoms with van der Waals surface area (Å²) in [5.41, 5.74) is 5.43. The van der Waals surface area contributed by atoms with E-state index in [1.54, 1.807) is 19.2 Å². The number of ether oxygens (including phenoxy) is 2. The van der Waals surface area contributed by atoms with Crippen molar-refractivity contribution in [3.8, 4) is 0 Å². The summed E-state index contributed by atoms with van der Waals surface area (Å²) < 4.78 is 11.5. The summed E-state index contributed by atoms with van der Waals surface area (Å²) in [6, 6.07) is 1.79. The van der Waals surface area contributed by atoms with Gasteiger partial charge in [-0.25, -0.2) is 9.78 Å². The third-order valence-corrected chi connectivity index (χ3v) is 4.33. The molecule has 0 saturated carbocycles. The van der Waals surface area contributed by atoms with Crippen LogP contribution < -0.4 is 11.1 Å². The number of rotatable bonds is 4. The van der Waals surface area contributed by atoms with Crippen molar-refractivity contribution >= 4 is 33.4 Å². The van der Waals surface area contributed by atoms with Gasteiger partial charge in [0.15, 0.2) is 5.66 Å². The zero-order valence-electron chi connectivity index (χ0n) is 13.8. The Morgan fingerprint density at radius 2 is 2.13 bits per heavy atom. The van der Waals surface area contributed by atoms with Crippen LogP contribution in [0.4, 0.5) is 11.5 Å². The van der Waals surface area contributed by atoms with Crippen LogP contribution in [0, 0.1) is 0 Å². The second kappa shape index (κ2) is 7.02. The third kappa shape index (κ3) is 3.94. The largest absolute Gasteiger partial charge is 0.466 e. The Bertz CT molecular complexity index is 576. The first-order chi connectivity index (χ1) is 10.8. The molecule has 1 fully saturated rings. The lowest BCUT2D eigenvalue weighted by Gasteiger charge is -2.45. The second-order valence-electron chi connectivity index (χ2n) is 5.94. The molecule has 2 rings (SSSR count). The minimum absolute atomic E-state index is 0.0162. The highest BCUT2D eigenvalue weighted by atomic mass is 79.9. The number of aromatic nitrogens is 1. The van der Waals surface area contributed by atoms with Crippen molar-refractivity contribution in [1.29, 1.82) is 0 Å². The van der Waals surface area contributed by atoms with Crippen LogP contribution in [0.5, 0.6) is 0 Å². The highest BCUT2D eigenvalue weighted by Crippen LogP contribution is 2.29. The molecule has 3 N–H and O–H groups in total. The number of carbonyl (C=O) groups excluding carboxylic acids is 1. The molecule has 1 aromatic rings. The number of pyridine rings is 1. The van der Waals surface area contributed by atoms with Gasteiger partial charge in [-0.3, -0.25) is 4.90 Å². The first-order valence-corrected chi connectivity index (χ1v) is 8.23. The predicted octanol–water partition coefficient (Wildman–Crippen LogP) is 1.84. The minimum Gasteiger partial charge on any atom is -0.466 e. The lowest BCUT2D eigenvalue weighted by molar-refractivity contribution is -0.160. The monoisotopic (exact) mass is 386 g/mol. The quantitative estimate of drug-likeness (QED) is 0.762. The summed E-state index contributed by atoms with van der Waals surface area (Å²) in [4.78, 5) is 18.6. The highest BCUT2D eigenvalue weighted by Gasteiger charge is 2.44. The molecule has 2 heterocycles. The van der Waals surface area contributed by atoms with Crippen molar-refractivity contribution in [1.82, 2.24) is 9.88 Å². The van der Waals surface area contributed by atoms with Crippen LogP contribution in [-0.4, -0.2) is 53.9 Å². The summed E-state index contributed by atoms with van der Waals surface area (Å²) in [7, 11) is 1.37. The van der Waals surface area contributed by atoms with Crippen molar-refractivity contribution in [2.45, 2.75) is 38.6 Å². The number of morpholine rings is 1. The first kappa shape index (κ1) is 18.0. The van der Waals surface area contributed by atoms with E-state index in [2.05, 4.69) is 26.2 Å². The molecule has 7 nitrogen and oxygen atoms in total. The maximum Gasteiger partial charge on any atom is 0.346 e. The van der Waals surface area contributed by atoms with Crippen molar-refractivity contribution in [3.63, 3.8) is 0 Å². The molecule has 0 radical (unpaired) electrons. The van der Waals surface area contributed by atoms with Crippen LogP contribution in [0.25, 0.3) is 0 Å². The number of nitrogens with one attached hydrogen (secondary N) is 1. The molecule has 0 bridgehead atoms. The molecule has 1 aromatic heterocycles. The average Bonchev–Trinajstić information content (AvgIpc) is 2.49. The van der Waals surface area contributed by atoms with Gasteiger partial charge >= 0.3 is 5.97 Å². The van der Waals surface area contributed by atoms with Crippen LogP contribution in [0.1, 0.15) is 20.8 Å². The number of nitrogens with zero attached hydrogens (tertiary/aromatic N) is 2. The predicted molar refractivity (Wildman–Crippen MR) is 92.0 cm³/mol. The minimum atomic E-state index is -1.07. The molecule has 1 saturated heterocycles. The Hall–Kier alpha value is -1.38. The number of anilines is 2. The van der Waals surface area contributed by atoms with Gasteiger partial charge in [0.1, 0.15) is 5.82 Å². The van der Waals surface area contributed by atoms with Crippen molar-refractivity contribution in [3.05, 3.63) is 16.7 Å². The van der Waals surface area contributed by atoms with Crippen LogP contribution >= 0.6 is 15.9 Å². The lowest BCUT2D eigenvalue weighted by atomic mass is 10.1. The average molecular weight is 387 g/mol. The number of hydrogen-bond acceptors (Lipinski definition) is 7. The maximum absolute atomic E-state index is 12.5. The summed E-state index contributed by atoms with van der Waals surface area (Å²) in [5, 5.41) is 3.20. The Balaban J connectivity index is 2.35. The van der Waals surface area contributed by atoms with E-state index in [-0.39, 0.29) is 12.2 Å². The van der Waals surface area contributed by atoms with E-state index in [0.717, 1.165) is 4.47 Å². The Labute approximate surface area is 144 Å². The normalized spacial score (nSPS) is 24.7. The summed E-state index contributed by atoms with van der Waals surface area (Å²) >= 11 is 3.37. The summed E-state index contributed by atoms with van der Waals surface area (Å²) in [5.74, 6) is -0.0733. The van der Waals surface area contributed by atoms with E-state index in [4.69, 9.17) is 15.2 Å². The number of nitrogens with two attached hydrogens (primary N) is 1. The maximum atomic E-state index is 12.5. The van der Waals surface area contributed by atoms with Crippen LogP contribution in [0.2, 0.25) is 0 Å².